The SMILES string of the molecule is CC(C)c1cc[c-]c(N2[CH-]N(C)c3nccnc32)c1.CC1=C(C)N(c2[c-]ccnc2)[CH-]N1CCCCN1[CH-]N(c2[c-]ccnc2)C(C)=C1C.[Ir]. The number of benzene rings is 1. The molecule has 3 aromatic heterocycles. The first kappa shape index (κ1) is 36.8. The summed E-state index contributed by atoms with van der Waals surface area (Å²) < 4.78 is 0. The monoisotopic (exact) mass is 845 g/mol. The molecular weight excluding hydrogens is 801 g/mol. The van der Waals surface area contributed by atoms with Crippen LogP contribution in [0.25, 0.3) is 0 Å². The Balaban J connectivity index is 0.000000209. The zero-order chi connectivity index (χ0) is 34.5. The first-order valence-corrected chi connectivity index (χ1v) is 16.7. The van der Waals surface area contributed by atoms with Gasteiger partial charge in [0, 0.05) is 43.9 Å². The minimum absolute atomic E-state index is 0. The van der Waals surface area contributed by atoms with Gasteiger partial charge in [0.05, 0.1) is 0 Å². The van der Waals surface area contributed by atoms with Crippen LogP contribution in [-0.2, 0) is 20.1 Å². The molecule has 0 saturated carbocycles. The maximum atomic E-state index is 4.41. The molecule has 0 amide bonds. The van der Waals surface area contributed by atoms with Gasteiger partial charge in [-0.15, -0.1) is 18.4 Å². The van der Waals surface area contributed by atoms with Gasteiger partial charge in [-0.25, -0.2) is 9.97 Å². The number of pyridine rings is 2. The average molecular weight is 845 g/mol. The molecule has 0 unspecified atom stereocenters. The number of anilines is 5. The third kappa shape index (κ3) is 7.95. The molecule has 10 nitrogen and oxygen atoms in total. The largest absolute Gasteiger partial charge is 0.505 e. The standard InChI is InChI=1S/C24H28N6.C15H16N4.Ir/c1-19-21(3)29(23-9-7-11-25-15-23)17-27(19)13-5-6-14-28-18-30(22(4)20(28)2)24-10-8-12-26-16-24;1-11(2)12-5-4-6-13(9-12)19-10-18(3)14-15(19)17-8-7-16-14;/h7-8,11-12,15-18H,5-6,13-14H2,1-4H3;4-5,7-11H,1-3H3;/q-4;-2;. The van der Waals surface area contributed by atoms with Crippen LogP contribution in [-0.4, -0.2) is 49.9 Å². The van der Waals surface area contributed by atoms with E-state index in [9.17, 15) is 0 Å². The molecule has 0 bridgehead atoms. The van der Waals surface area contributed by atoms with Crippen molar-refractivity contribution in [3.63, 3.8) is 0 Å². The molecule has 4 aromatic rings. The summed E-state index contributed by atoms with van der Waals surface area (Å²) in [5, 5.41) is 0. The number of hydrogen-bond acceptors (Lipinski definition) is 10. The summed E-state index contributed by atoms with van der Waals surface area (Å²) in [6, 6.07) is 19.7. The van der Waals surface area contributed by atoms with E-state index in [1.807, 2.05) is 54.1 Å². The molecule has 0 atom stereocenters. The van der Waals surface area contributed by atoms with Crippen LogP contribution in [0, 0.1) is 38.2 Å². The molecule has 7 rings (SSSR count). The van der Waals surface area contributed by atoms with Gasteiger partial charge in [0.25, 0.3) is 0 Å². The van der Waals surface area contributed by atoms with Crippen LogP contribution in [0.2, 0.25) is 0 Å². The number of unbranched alkanes of at least 4 members (excludes halogenated alkanes) is 1. The first-order valence-electron chi connectivity index (χ1n) is 16.7. The zero-order valence-electron chi connectivity index (χ0n) is 29.8. The third-order valence-corrected chi connectivity index (χ3v) is 9.13. The van der Waals surface area contributed by atoms with Crippen molar-refractivity contribution in [2.75, 3.05) is 39.7 Å². The number of allylic oxidation sites excluding steroid dienone is 4. The molecule has 50 heavy (non-hydrogen) atoms. The van der Waals surface area contributed by atoms with Crippen LogP contribution in [0.5, 0.6) is 0 Å². The Bertz CT molecular complexity index is 1700. The quantitative estimate of drug-likeness (QED) is 0.124. The van der Waals surface area contributed by atoms with E-state index in [0.717, 1.165) is 54.6 Å². The van der Waals surface area contributed by atoms with Gasteiger partial charge < -0.3 is 39.4 Å². The number of aromatic nitrogens is 4. The minimum atomic E-state index is 0. The molecule has 0 saturated heterocycles. The second kappa shape index (κ2) is 16.5. The number of nitrogens with zero attached hydrogens (tertiary/aromatic N) is 10. The van der Waals surface area contributed by atoms with Crippen LogP contribution < -0.4 is 19.6 Å². The Morgan fingerprint density at radius 1 is 0.640 bits per heavy atom. The third-order valence-electron chi connectivity index (χ3n) is 9.13. The van der Waals surface area contributed by atoms with Crippen molar-refractivity contribution < 1.29 is 20.1 Å². The maximum Gasteiger partial charge on any atom is 0.143 e. The van der Waals surface area contributed by atoms with E-state index in [0.29, 0.717) is 5.92 Å². The van der Waals surface area contributed by atoms with Crippen molar-refractivity contribution >= 4 is 28.7 Å². The van der Waals surface area contributed by atoms with E-state index in [1.54, 1.807) is 24.8 Å². The van der Waals surface area contributed by atoms with Gasteiger partial charge in [-0.3, -0.25) is 0 Å². The summed E-state index contributed by atoms with van der Waals surface area (Å²) in [6.45, 7) is 21.3. The molecule has 0 fully saturated rings. The Morgan fingerprint density at radius 3 is 1.66 bits per heavy atom. The molecule has 1 radical (unpaired) electrons. The maximum absolute atomic E-state index is 4.41. The smallest absolute Gasteiger partial charge is 0.143 e. The van der Waals surface area contributed by atoms with Crippen LogP contribution in [0.3, 0.4) is 0 Å². The summed E-state index contributed by atoms with van der Waals surface area (Å²) >= 11 is 0. The molecule has 265 valence electrons. The van der Waals surface area contributed by atoms with Crippen molar-refractivity contribution in [2.24, 2.45) is 0 Å². The summed E-state index contributed by atoms with van der Waals surface area (Å²) in [4.78, 5) is 30.2. The van der Waals surface area contributed by atoms with E-state index < -0.39 is 0 Å². The van der Waals surface area contributed by atoms with Gasteiger partial charge >= 0.3 is 0 Å². The van der Waals surface area contributed by atoms with Crippen molar-refractivity contribution in [3.8, 4) is 0 Å². The molecule has 0 N–H and O–H groups in total. The molecule has 0 aliphatic carbocycles. The Morgan fingerprint density at radius 2 is 1.16 bits per heavy atom. The van der Waals surface area contributed by atoms with Crippen molar-refractivity contribution in [2.45, 2.75) is 60.3 Å². The van der Waals surface area contributed by atoms with Gasteiger partial charge in [-0.05, 0) is 78.0 Å². The van der Waals surface area contributed by atoms with E-state index in [2.05, 4.69) is 125 Å². The minimum Gasteiger partial charge on any atom is -0.505 e. The molecule has 0 spiro atoms. The Hall–Kier alpha value is -4.47. The summed E-state index contributed by atoms with van der Waals surface area (Å²) in [6.07, 6.45) is 12.9. The van der Waals surface area contributed by atoms with Gasteiger partial charge in [0.1, 0.15) is 11.6 Å². The fourth-order valence-electron chi connectivity index (χ4n) is 5.96. The summed E-state index contributed by atoms with van der Waals surface area (Å²) in [5.74, 6) is 2.21. The van der Waals surface area contributed by atoms with Crippen LogP contribution in [0.15, 0.2) is 90.3 Å². The normalized spacial score (nSPS) is 15.6. The van der Waals surface area contributed by atoms with E-state index in [1.165, 1.54) is 28.4 Å². The van der Waals surface area contributed by atoms with Crippen molar-refractivity contribution in [1.82, 2.24) is 29.7 Å². The van der Waals surface area contributed by atoms with Crippen LogP contribution in [0.1, 0.15) is 65.9 Å². The molecular formula is C39H44IrN10-6. The predicted octanol–water partition coefficient (Wildman–Crippen LogP) is 7.65. The van der Waals surface area contributed by atoms with Gasteiger partial charge in [-0.1, -0.05) is 50.0 Å². The first-order chi connectivity index (χ1) is 23.7. The zero-order valence-corrected chi connectivity index (χ0v) is 32.2. The van der Waals surface area contributed by atoms with E-state index in [-0.39, 0.29) is 20.1 Å². The predicted molar refractivity (Wildman–Crippen MR) is 195 cm³/mol. The Kier molecular flexibility index (Phi) is 12.1. The molecule has 6 heterocycles. The van der Waals surface area contributed by atoms with E-state index in [4.69, 9.17) is 0 Å². The molecule has 3 aliphatic heterocycles. The average Bonchev–Trinajstić information content (AvgIpc) is 3.73. The molecule has 3 aliphatic rings. The second-order valence-electron chi connectivity index (χ2n) is 12.6. The Labute approximate surface area is 311 Å². The summed E-state index contributed by atoms with van der Waals surface area (Å²) in [5.41, 5.74) is 9.27. The van der Waals surface area contributed by atoms with Crippen molar-refractivity contribution in [3.05, 3.63) is 134 Å². The van der Waals surface area contributed by atoms with E-state index >= 15 is 0 Å². The van der Waals surface area contributed by atoms with Crippen LogP contribution >= 0.6 is 0 Å². The number of rotatable bonds is 9. The van der Waals surface area contributed by atoms with Crippen molar-refractivity contribution in [1.29, 1.82) is 0 Å². The van der Waals surface area contributed by atoms with Gasteiger partial charge in [0.15, 0.2) is 0 Å². The number of hydrogen-bond donors (Lipinski definition) is 0. The fourth-order valence-corrected chi connectivity index (χ4v) is 5.96. The van der Waals surface area contributed by atoms with Gasteiger partial charge in [-0.2, -0.15) is 61.4 Å². The molecule has 1 aromatic carbocycles. The topological polar surface area (TPSA) is 71.0 Å². The van der Waals surface area contributed by atoms with Crippen LogP contribution in [0.4, 0.5) is 28.7 Å². The van der Waals surface area contributed by atoms with Gasteiger partial charge in [0.2, 0.25) is 0 Å². The second-order valence-corrected chi connectivity index (χ2v) is 12.6. The summed E-state index contributed by atoms with van der Waals surface area (Å²) in [7, 11) is 1.97. The molecule has 11 heteroatoms. The fraction of sp³-hybridized carbons (Fsp3) is 0.308. The number of fused-ring (bicyclic) bond motifs is 1.